The highest BCUT2D eigenvalue weighted by Crippen LogP contribution is 2.14. The van der Waals surface area contributed by atoms with E-state index in [1.54, 1.807) is 7.11 Å². The molecule has 0 spiro atoms. The van der Waals surface area contributed by atoms with Gasteiger partial charge in [0.1, 0.15) is 0 Å². The van der Waals surface area contributed by atoms with Gasteiger partial charge >= 0.3 is 0 Å². The summed E-state index contributed by atoms with van der Waals surface area (Å²) in [5.41, 5.74) is 5.72. The van der Waals surface area contributed by atoms with Gasteiger partial charge in [0.2, 0.25) is 0 Å². The smallest absolute Gasteiger partial charge is 0.0819 e. The molecule has 0 aromatic rings. The van der Waals surface area contributed by atoms with Crippen molar-refractivity contribution in [3.63, 3.8) is 0 Å². The van der Waals surface area contributed by atoms with Gasteiger partial charge in [-0.2, -0.15) is 0 Å². The molecule has 2 aliphatic heterocycles. The molecular formula is C12H29N3OS. The summed E-state index contributed by atoms with van der Waals surface area (Å²) in [5, 5.41) is 3.09. The average molecular weight is 263 g/mol. The van der Waals surface area contributed by atoms with E-state index in [1.165, 1.54) is 25.9 Å². The first kappa shape index (κ1) is 17.2. The molecule has 0 radical (unpaired) electrons. The van der Waals surface area contributed by atoms with Crippen LogP contribution in [0.15, 0.2) is 0 Å². The lowest BCUT2D eigenvalue weighted by atomic mass is 10.1. The molecule has 2 fully saturated rings. The summed E-state index contributed by atoms with van der Waals surface area (Å²) in [7, 11) is 1.74. The van der Waals surface area contributed by atoms with E-state index in [0.717, 1.165) is 13.1 Å². The molecule has 2 saturated heterocycles. The van der Waals surface area contributed by atoms with Crippen molar-refractivity contribution in [2.45, 2.75) is 38.8 Å². The Morgan fingerprint density at radius 3 is 2.00 bits per heavy atom. The van der Waals surface area contributed by atoms with Crippen LogP contribution in [-0.4, -0.2) is 56.0 Å². The zero-order chi connectivity index (χ0) is 13.1. The molecule has 5 heteroatoms. The summed E-state index contributed by atoms with van der Waals surface area (Å²) < 4.78 is 7.29. The zero-order valence-electron chi connectivity index (χ0n) is 11.7. The zero-order valence-corrected chi connectivity index (χ0v) is 12.6. The van der Waals surface area contributed by atoms with Gasteiger partial charge in [-0.15, -0.1) is 0 Å². The van der Waals surface area contributed by atoms with Gasteiger partial charge in [0, 0.05) is 39.3 Å². The Morgan fingerprint density at radius 2 is 1.76 bits per heavy atom. The van der Waals surface area contributed by atoms with Crippen molar-refractivity contribution in [3.8, 4) is 0 Å². The SMILES string of the molecule is CC.COC1CNC1.CSN1CCC(N)CC1. The van der Waals surface area contributed by atoms with Crippen LogP contribution in [-0.2, 0) is 4.74 Å². The number of rotatable bonds is 2. The standard InChI is InChI=1S/C6H14N2S.C4H9NO.C2H6/c1-9-8-4-2-6(7)3-5-8;1-6-4-2-5-3-4;1-2/h6H,2-5,7H2,1H3;4-5H,2-3H2,1H3;1-2H3. The van der Waals surface area contributed by atoms with E-state index in [-0.39, 0.29) is 0 Å². The fourth-order valence-electron chi connectivity index (χ4n) is 1.49. The molecule has 3 N–H and O–H groups in total. The van der Waals surface area contributed by atoms with Crippen LogP contribution < -0.4 is 11.1 Å². The third-order valence-electron chi connectivity index (χ3n) is 2.83. The minimum Gasteiger partial charge on any atom is -0.379 e. The lowest BCUT2D eigenvalue weighted by Gasteiger charge is -2.27. The largest absolute Gasteiger partial charge is 0.379 e. The van der Waals surface area contributed by atoms with E-state index < -0.39 is 0 Å². The summed E-state index contributed by atoms with van der Waals surface area (Å²) in [6, 6.07) is 0.466. The van der Waals surface area contributed by atoms with Crippen molar-refractivity contribution in [2.75, 3.05) is 39.5 Å². The molecule has 0 atom stereocenters. The summed E-state index contributed by atoms with van der Waals surface area (Å²) in [6.45, 7) is 8.41. The van der Waals surface area contributed by atoms with Crippen molar-refractivity contribution in [1.29, 1.82) is 0 Å². The molecule has 0 saturated carbocycles. The Hall–Kier alpha value is 0.190. The number of piperidine rings is 1. The van der Waals surface area contributed by atoms with E-state index in [1.807, 2.05) is 25.8 Å². The Balaban J connectivity index is 0.000000278. The minimum atomic E-state index is 0.466. The quantitative estimate of drug-likeness (QED) is 0.736. The lowest BCUT2D eigenvalue weighted by Crippen LogP contribution is -2.47. The molecule has 2 heterocycles. The fourth-order valence-corrected chi connectivity index (χ4v) is 2.06. The molecule has 2 rings (SSSR count). The van der Waals surface area contributed by atoms with E-state index in [0.29, 0.717) is 12.1 Å². The number of nitrogens with two attached hydrogens (primary N) is 1. The highest BCUT2D eigenvalue weighted by molar-refractivity contribution is 7.96. The Labute approximate surface area is 111 Å². The normalized spacial score (nSPS) is 21.7. The third-order valence-corrected chi connectivity index (χ3v) is 3.72. The summed E-state index contributed by atoms with van der Waals surface area (Å²) in [6.07, 6.45) is 4.96. The minimum absolute atomic E-state index is 0.466. The fraction of sp³-hybridized carbons (Fsp3) is 1.00. The average Bonchev–Trinajstić information content (AvgIpc) is 2.32. The first-order valence-corrected chi connectivity index (χ1v) is 7.72. The molecule has 104 valence electrons. The maximum Gasteiger partial charge on any atom is 0.0819 e. The highest BCUT2D eigenvalue weighted by Gasteiger charge is 2.14. The van der Waals surface area contributed by atoms with Crippen LogP contribution in [0.1, 0.15) is 26.7 Å². The second-order valence-electron chi connectivity index (χ2n) is 3.96. The van der Waals surface area contributed by atoms with Crippen LogP contribution in [0.5, 0.6) is 0 Å². The first-order valence-electron chi connectivity index (χ1n) is 6.54. The monoisotopic (exact) mass is 263 g/mol. The summed E-state index contributed by atoms with van der Waals surface area (Å²) in [5.74, 6) is 0. The van der Waals surface area contributed by atoms with Crippen LogP contribution in [0.3, 0.4) is 0 Å². The molecular weight excluding hydrogens is 234 g/mol. The van der Waals surface area contributed by atoms with Crippen molar-refractivity contribution < 1.29 is 4.74 Å². The van der Waals surface area contributed by atoms with Crippen LogP contribution in [0.25, 0.3) is 0 Å². The molecule has 0 bridgehead atoms. The summed E-state index contributed by atoms with van der Waals surface area (Å²) >= 11 is 1.83. The maximum atomic E-state index is 5.72. The van der Waals surface area contributed by atoms with Gasteiger partial charge in [-0.1, -0.05) is 25.8 Å². The van der Waals surface area contributed by atoms with Crippen LogP contribution >= 0.6 is 11.9 Å². The van der Waals surface area contributed by atoms with Gasteiger partial charge in [-0.3, -0.25) is 4.31 Å². The molecule has 2 aliphatic rings. The second-order valence-corrected chi connectivity index (χ2v) is 4.85. The van der Waals surface area contributed by atoms with Crippen LogP contribution in [0, 0.1) is 0 Å². The molecule has 4 nitrogen and oxygen atoms in total. The topological polar surface area (TPSA) is 50.5 Å². The number of methoxy groups -OCH3 is 1. The Morgan fingerprint density at radius 1 is 1.24 bits per heavy atom. The number of nitrogens with one attached hydrogen (secondary N) is 1. The van der Waals surface area contributed by atoms with Crippen molar-refractivity contribution in [1.82, 2.24) is 9.62 Å². The van der Waals surface area contributed by atoms with E-state index in [4.69, 9.17) is 10.5 Å². The molecule has 0 aliphatic carbocycles. The number of ether oxygens (including phenoxy) is 1. The van der Waals surface area contributed by atoms with Crippen molar-refractivity contribution in [2.24, 2.45) is 5.73 Å². The Kier molecular flexibility index (Phi) is 11.4. The molecule has 0 aromatic carbocycles. The number of nitrogens with zero attached hydrogens (tertiary/aromatic N) is 1. The summed E-state index contributed by atoms with van der Waals surface area (Å²) in [4.78, 5) is 0. The van der Waals surface area contributed by atoms with Crippen molar-refractivity contribution in [3.05, 3.63) is 0 Å². The van der Waals surface area contributed by atoms with E-state index in [2.05, 4.69) is 15.9 Å². The third kappa shape index (κ3) is 8.00. The van der Waals surface area contributed by atoms with Crippen LogP contribution in [0.4, 0.5) is 0 Å². The number of hydrogen-bond acceptors (Lipinski definition) is 5. The van der Waals surface area contributed by atoms with Gasteiger partial charge in [0.25, 0.3) is 0 Å². The predicted molar refractivity (Wildman–Crippen MR) is 77.3 cm³/mol. The van der Waals surface area contributed by atoms with Gasteiger partial charge in [-0.25, -0.2) is 0 Å². The first-order chi connectivity index (χ1) is 8.26. The van der Waals surface area contributed by atoms with Gasteiger partial charge in [0.05, 0.1) is 6.10 Å². The number of hydrogen-bond donors (Lipinski definition) is 2. The molecule has 0 aromatic heterocycles. The van der Waals surface area contributed by atoms with E-state index >= 15 is 0 Å². The highest BCUT2D eigenvalue weighted by atomic mass is 32.2. The van der Waals surface area contributed by atoms with Gasteiger partial charge in [-0.05, 0) is 19.1 Å². The van der Waals surface area contributed by atoms with E-state index in [9.17, 15) is 0 Å². The lowest BCUT2D eigenvalue weighted by molar-refractivity contribution is 0.0600. The molecule has 0 unspecified atom stereocenters. The predicted octanol–water partition coefficient (Wildman–Crippen LogP) is 1.32. The maximum absolute atomic E-state index is 5.72. The second kappa shape index (κ2) is 11.3. The molecule has 0 amide bonds. The van der Waals surface area contributed by atoms with Crippen LogP contribution in [0.2, 0.25) is 0 Å². The van der Waals surface area contributed by atoms with Crippen molar-refractivity contribution >= 4 is 11.9 Å². The Bertz CT molecular complexity index is 157. The van der Waals surface area contributed by atoms with Gasteiger partial charge in [0.15, 0.2) is 0 Å². The van der Waals surface area contributed by atoms with Gasteiger partial charge < -0.3 is 15.8 Å². The molecule has 17 heavy (non-hydrogen) atoms.